The molecule has 18 heavy (non-hydrogen) atoms. The Morgan fingerprint density at radius 3 is 2.89 bits per heavy atom. The lowest BCUT2D eigenvalue weighted by Crippen LogP contribution is -2.24. The van der Waals surface area contributed by atoms with Crippen molar-refractivity contribution in [1.82, 2.24) is 5.43 Å². The van der Waals surface area contributed by atoms with Gasteiger partial charge in [-0.15, -0.1) is 0 Å². The van der Waals surface area contributed by atoms with Crippen molar-refractivity contribution in [1.29, 1.82) is 0 Å². The van der Waals surface area contributed by atoms with E-state index in [1.54, 1.807) is 6.07 Å². The van der Waals surface area contributed by atoms with E-state index in [0.717, 1.165) is 16.8 Å². The molecule has 92 valence electrons. The van der Waals surface area contributed by atoms with Gasteiger partial charge in [0, 0.05) is 11.3 Å². The van der Waals surface area contributed by atoms with Gasteiger partial charge >= 0.3 is 6.03 Å². The van der Waals surface area contributed by atoms with E-state index in [-0.39, 0.29) is 6.03 Å². The van der Waals surface area contributed by atoms with Crippen LogP contribution in [0.3, 0.4) is 0 Å². The number of hydrazone groups is 1. The lowest BCUT2D eigenvalue weighted by atomic mass is 10.2. The molecule has 0 unspecified atom stereocenters. The lowest BCUT2D eigenvalue weighted by Gasteiger charge is -2.06. The third-order valence-corrected chi connectivity index (χ3v) is 2.32. The van der Waals surface area contributed by atoms with Crippen molar-refractivity contribution in [3.05, 3.63) is 54.0 Å². The van der Waals surface area contributed by atoms with Gasteiger partial charge in [-0.1, -0.05) is 18.2 Å². The summed E-state index contributed by atoms with van der Waals surface area (Å²) in [6.07, 6.45) is 4.57. The van der Waals surface area contributed by atoms with Crippen molar-refractivity contribution in [3.8, 4) is 0 Å². The Bertz CT molecular complexity index is 547. The average molecular weight is 243 g/mol. The van der Waals surface area contributed by atoms with Crippen LogP contribution in [-0.4, -0.2) is 12.2 Å². The highest BCUT2D eigenvalue weighted by Crippen LogP contribution is 2.12. The van der Waals surface area contributed by atoms with Crippen LogP contribution in [0.1, 0.15) is 11.1 Å². The van der Waals surface area contributed by atoms with Gasteiger partial charge in [-0.3, -0.25) is 0 Å². The molecule has 0 aliphatic carbocycles. The van der Waals surface area contributed by atoms with E-state index in [2.05, 4.69) is 15.8 Å². The molecule has 0 spiro atoms. The van der Waals surface area contributed by atoms with Gasteiger partial charge in [0.25, 0.3) is 0 Å². The number of hydrogen-bond acceptors (Lipinski definition) is 3. The van der Waals surface area contributed by atoms with Crippen molar-refractivity contribution in [2.45, 2.75) is 6.92 Å². The molecule has 1 aromatic carbocycles. The van der Waals surface area contributed by atoms with Gasteiger partial charge in [-0.05, 0) is 24.6 Å². The number of benzene rings is 1. The summed E-state index contributed by atoms with van der Waals surface area (Å²) in [5.41, 5.74) is 4.91. The van der Waals surface area contributed by atoms with Gasteiger partial charge < -0.3 is 9.73 Å². The van der Waals surface area contributed by atoms with Gasteiger partial charge in [-0.25, -0.2) is 10.2 Å². The van der Waals surface area contributed by atoms with E-state index in [1.807, 2.05) is 31.2 Å². The summed E-state index contributed by atoms with van der Waals surface area (Å²) in [4.78, 5) is 11.5. The molecule has 5 heteroatoms. The minimum Gasteiger partial charge on any atom is -0.472 e. The molecule has 2 rings (SSSR count). The summed E-state index contributed by atoms with van der Waals surface area (Å²) in [6.45, 7) is 1.92. The highest BCUT2D eigenvalue weighted by Gasteiger charge is 2.01. The molecule has 0 bridgehead atoms. The zero-order chi connectivity index (χ0) is 12.8. The number of furan rings is 1. The predicted octanol–water partition coefficient (Wildman–Crippen LogP) is 2.74. The molecule has 0 radical (unpaired) electrons. The number of anilines is 1. The van der Waals surface area contributed by atoms with Crippen LogP contribution in [0.25, 0.3) is 0 Å². The fraction of sp³-hybridized carbons (Fsp3) is 0.0769. The summed E-state index contributed by atoms with van der Waals surface area (Å²) in [7, 11) is 0. The molecule has 2 aromatic rings. The van der Waals surface area contributed by atoms with Crippen LogP contribution in [-0.2, 0) is 0 Å². The molecule has 0 aliphatic rings. The van der Waals surface area contributed by atoms with Gasteiger partial charge in [0.15, 0.2) is 0 Å². The first-order valence-corrected chi connectivity index (χ1v) is 5.43. The SMILES string of the molecule is Cc1ccccc1NC(=O)NN=Cc1ccoc1. The van der Waals surface area contributed by atoms with Crippen LogP contribution in [0, 0.1) is 6.92 Å². The predicted molar refractivity (Wildman–Crippen MR) is 69.6 cm³/mol. The van der Waals surface area contributed by atoms with E-state index in [9.17, 15) is 4.79 Å². The molecule has 0 saturated heterocycles. The number of carbonyl (C=O) groups is 1. The standard InChI is InChI=1S/C13H13N3O2/c1-10-4-2-3-5-12(10)15-13(17)16-14-8-11-6-7-18-9-11/h2-9H,1H3,(H2,15,16,17). The average Bonchev–Trinajstić information content (AvgIpc) is 2.85. The maximum Gasteiger partial charge on any atom is 0.339 e. The smallest absolute Gasteiger partial charge is 0.339 e. The Morgan fingerprint density at radius 1 is 1.33 bits per heavy atom. The van der Waals surface area contributed by atoms with Gasteiger partial charge in [0.05, 0.1) is 18.7 Å². The number of hydrogen-bond donors (Lipinski definition) is 2. The molecule has 0 saturated carbocycles. The number of amides is 2. The maximum atomic E-state index is 11.5. The molecule has 2 amide bonds. The second kappa shape index (κ2) is 5.67. The van der Waals surface area contributed by atoms with Crippen molar-refractivity contribution < 1.29 is 9.21 Å². The van der Waals surface area contributed by atoms with Crippen LogP contribution in [0.15, 0.2) is 52.4 Å². The first-order valence-electron chi connectivity index (χ1n) is 5.43. The maximum absolute atomic E-state index is 11.5. The van der Waals surface area contributed by atoms with E-state index in [1.165, 1.54) is 18.7 Å². The minimum atomic E-state index is -0.385. The van der Waals surface area contributed by atoms with E-state index < -0.39 is 0 Å². The van der Waals surface area contributed by atoms with Crippen LogP contribution in [0.2, 0.25) is 0 Å². The van der Waals surface area contributed by atoms with Crippen molar-refractivity contribution in [2.24, 2.45) is 5.10 Å². The minimum absolute atomic E-state index is 0.385. The summed E-state index contributed by atoms with van der Waals surface area (Å²) in [5.74, 6) is 0. The fourth-order valence-corrected chi connectivity index (χ4v) is 1.38. The fourth-order valence-electron chi connectivity index (χ4n) is 1.38. The lowest BCUT2D eigenvalue weighted by molar-refractivity contribution is 0.252. The largest absolute Gasteiger partial charge is 0.472 e. The monoisotopic (exact) mass is 243 g/mol. The number of rotatable bonds is 3. The van der Waals surface area contributed by atoms with Crippen LogP contribution in [0.4, 0.5) is 10.5 Å². The number of aryl methyl sites for hydroxylation is 1. The quantitative estimate of drug-likeness (QED) is 0.643. The Labute approximate surface area is 105 Å². The Morgan fingerprint density at radius 2 is 2.17 bits per heavy atom. The van der Waals surface area contributed by atoms with Crippen molar-refractivity contribution in [3.63, 3.8) is 0 Å². The molecule has 0 aliphatic heterocycles. The van der Waals surface area contributed by atoms with E-state index >= 15 is 0 Å². The first kappa shape index (κ1) is 11.9. The number of para-hydroxylation sites is 1. The van der Waals surface area contributed by atoms with Crippen LogP contribution in [0.5, 0.6) is 0 Å². The molecule has 5 nitrogen and oxygen atoms in total. The third kappa shape index (κ3) is 3.21. The van der Waals surface area contributed by atoms with Gasteiger partial charge in [0.2, 0.25) is 0 Å². The Hall–Kier alpha value is -2.56. The Kier molecular flexibility index (Phi) is 3.76. The molecular formula is C13H13N3O2. The Balaban J connectivity index is 1.88. The van der Waals surface area contributed by atoms with Crippen molar-refractivity contribution >= 4 is 17.9 Å². The van der Waals surface area contributed by atoms with Crippen LogP contribution >= 0.6 is 0 Å². The topological polar surface area (TPSA) is 66.6 Å². The van der Waals surface area contributed by atoms with Crippen molar-refractivity contribution in [2.75, 3.05) is 5.32 Å². The second-order valence-electron chi connectivity index (χ2n) is 3.70. The zero-order valence-corrected chi connectivity index (χ0v) is 9.88. The summed E-state index contributed by atoms with van der Waals surface area (Å²) in [5, 5.41) is 6.50. The van der Waals surface area contributed by atoms with Crippen LogP contribution < -0.4 is 10.7 Å². The summed E-state index contributed by atoms with van der Waals surface area (Å²) < 4.78 is 4.86. The number of nitrogens with one attached hydrogen (secondary N) is 2. The number of nitrogens with zero attached hydrogens (tertiary/aromatic N) is 1. The molecule has 1 heterocycles. The first-order chi connectivity index (χ1) is 8.75. The molecule has 1 aromatic heterocycles. The number of carbonyl (C=O) groups excluding carboxylic acids is 1. The number of urea groups is 1. The normalized spacial score (nSPS) is 10.5. The third-order valence-electron chi connectivity index (χ3n) is 2.32. The van der Waals surface area contributed by atoms with Gasteiger partial charge in [0.1, 0.15) is 0 Å². The summed E-state index contributed by atoms with van der Waals surface area (Å²) in [6, 6.07) is 8.88. The van der Waals surface area contributed by atoms with E-state index in [4.69, 9.17) is 4.42 Å². The highest BCUT2D eigenvalue weighted by atomic mass is 16.3. The molecular weight excluding hydrogens is 230 g/mol. The zero-order valence-electron chi connectivity index (χ0n) is 9.88. The molecule has 0 atom stereocenters. The molecule has 2 N–H and O–H groups in total. The second-order valence-corrected chi connectivity index (χ2v) is 3.70. The van der Waals surface area contributed by atoms with E-state index in [0.29, 0.717) is 0 Å². The summed E-state index contributed by atoms with van der Waals surface area (Å²) >= 11 is 0. The highest BCUT2D eigenvalue weighted by molar-refractivity contribution is 5.90. The molecule has 0 fully saturated rings. The van der Waals surface area contributed by atoms with Gasteiger partial charge in [-0.2, -0.15) is 5.10 Å².